The van der Waals surface area contributed by atoms with Gasteiger partial charge in [-0.3, -0.25) is 0 Å². The number of benzene rings is 1. The minimum atomic E-state index is -4.78. The largest absolute Gasteiger partial charge is 0.456 e. The highest BCUT2D eigenvalue weighted by Gasteiger charge is 2.34. The zero-order valence-corrected chi connectivity index (χ0v) is 7.42. The van der Waals surface area contributed by atoms with E-state index in [2.05, 4.69) is 0 Å². The van der Waals surface area contributed by atoms with Gasteiger partial charge in [-0.15, -0.1) is 0 Å². The average molecular weight is 222 g/mol. The first kappa shape index (κ1) is 12.0. The molecular weight excluding hydrogens is 215 g/mol. The lowest BCUT2D eigenvalue weighted by Gasteiger charge is -2.09. The summed E-state index contributed by atoms with van der Waals surface area (Å²) >= 11 is 0. The topological polar surface area (TPSA) is 40.5 Å². The van der Waals surface area contributed by atoms with Crippen LogP contribution in [0.25, 0.3) is 0 Å². The fourth-order valence-corrected chi connectivity index (χ4v) is 1.13. The van der Waals surface area contributed by atoms with E-state index in [1.807, 2.05) is 0 Å². The maximum absolute atomic E-state index is 12.8. The van der Waals surface area contributed by atoms with Gasteiger partial charge < -0.3 is 10.0 Å². The fraction of sp³-hybridized carbons (Fsp3) is 0.250. The standard InChI is InChI=1S/C8H7BF4O2/c10-7-2-1-5(4-9(14)15)3-6(7)8(11,12)13/h1-3,14-15H,4H2. The van der Waals surface area contributed by atoms with Gasteiger partial charge in [-0.1, -0.05) is 6.07 Å². The molecule has 0 spiro atoms. The molecule has 0 bridgehead atoms. The van der Waals surface area contributed by atoms with Gasteiger partial charge in [-0.25, -0.2) is 4.39 Å². The van der Waals surface area contributed by atoms with Gasteiger partial charge in [0.2, 0.25) is 0 Å². The molecule has 0 atom stereocenters. The Morgan fingerprint density at radius 3 is 2.27 bits per heavy atom. The molecule has 0 aromatic heterocycles. The van der Waals surface area contributed by atoms with Crippen LogP contribution in [0.4, 0.5) is 17.6 Å². The van der Waals surface area contributed by atoms with Crippen LogP contribution < -0.4 is 0 Å². The highest BCUT2D eigenvalue weighted by atomic mass is 19.4. The minimum absolute atomic E-state index is 0.0127. The molecule has 1 rings (SSSR count). The third-order valence-electron chi connectivity index (χ3n) is 1.75. The van der Waals surface area contributed by atoms with E-state index in [0.717, 1.165) is 6.07 Å². The third-order valence-corrected chi connectivity index (χ3v) is 1.75. The molecule has 7 heteroatoms. The summed E-state index contributed by atoms with van der Waals surface area (Å²) in [7, 11) is -1.75. The number of hydrogen-bond donors (Lipinski definition) is 2. The highest BCUT2D eigenvalue weighted by molar-refractivity contribution is 6.40. The Hall–Kier alpha value is -1.08. The van der Waals surface area contributed by atoms with Gasteiger partial charge >= 0.3 is 13.3 Å². The highest BCUT2D eigenvalue weighted by Crippen LogP contribution is 2.31. The van der Waals surface area contributed by atoms with E-state index in [9.17, 15) is 17.6 Å². The summed E-state index contributed by atoms with van der Waals surface area (Å²) < 4.78 is 49.4. The predicted molar refractivity (Wildman–Crippen MR) is 45.3 cm³/mol. The monoisotopic (exact) mass is 222 g/mol. The first-order valence-corrected chi connectivity index (χ1v) is 4.02. The van der Waals surface area contributed by atoms with Gasteiger partial charge in [0.25, 0.3) is 0 Å². The van der Waals surface area contributed by atoms with Crippen molar-refractivity contribution in [2.45, 2.75) is 12.5 Å². The van der Waals surface area contributed by atoms with Crippen molar-refractivity contribution in [3.05, 3.63) is 35.1 Å². The lowest BCUT2D eigenvalue weighted by atomic mass is 9.81. The molecule has 0 aliphatic rings. The van der Waals surface area contributed by atoms with E-state index in [4.69, 9.17) is 10.0 Å². The summed E-state index contributed by atoms with van der Waals surface area (Å²) in [4.78, 5) is 0. The molecule has 0 fully saturated rings. The Labute approximate surface area is 83.3 Å². The first-order valence-electron chi connectivity index (χ1n) is 4.02. The molecule has 0 saturated heterocycles. The Bertz CT molecular complexity index is 351. The smallest absolute Gasteiger partial charge is 0.427 e. The molecule has 0 aliphatic heterocycles. The van der Waals surface area contributed by atoms with Crippen molar-refractivity contribution in [1.29, 1.82) is 0 Å². The van der Waals surface area contributed by atoms with Crippen molar-refractivity contribution in [2.75, 3.05) is 0 Å². The van der Waals surface area contributed by atoms with Crippen LogP contribution in [-0.4, -0.2) is 17.2 Å². The normalized spacial score (nSPS) is 11.6. The Kier molecular flexibility index (Phi) is 3.36. The molecule has 1 aromatic carbocycles. The van der Waals surface area contributed by atoms with Gasteiger partial charge in [-0.2, -0.15) is 13.2 Å². The van der Waals surface area contributed by atoms with Crippen molar-refractivity contribution in [3.8, 4) is 0 Å². The van der Waals surface area contributed by atoms with Crippen LogP contribution in [0.5, 0.6) is 0 Å². The molecule has 82 valence electrons. The van der Waals surface area contributed by atoms with E-state index < -0.39 is 24.7 Å². The van der Waals surface area contributed by atoms with Crippen molar-refractivity contribution in [3.63, 3.8) is 0 Å². The molecule has 0 saturated carbocycles. The van der Waals surface area contributed by atoms with E-state index in [0.29, 0.717) is 12.1 Å². The molecular formula is C8H7BF4O2. The van der Waals surface area contributed by atoms with Crippen LogP contribution in [0.15, 0.2) is 18.2 Å². The molecule has 0 amide bonds. The number of hydrogen-bond acceptors (Lipinski definition) is 2. The first-order chi connectivity index (χ1) is 6.80. The zero-order valence-electron chi connectivity index (χ0n) is 7.42. The summed E-state index contributed by atoms with van der Waals surface area (Å²) in [6.45, 7) is 0. The van der Waals surface area contributed by atoms with Gasteiger partial charge in [-0.05, 0) is 17.7 Å². The van der Waals surface area contributed by atoms with E-state index in [1.165, 1.54) is 0 Å². The summed E-state index contributed by atoms with van der Waals surface area (Å²) in [6.07, 6.45) is -5.15. The Morgan fingerprint density at radius 2 is 1.80 bits per heavy atom. The van der Waals surface area contributed by atoms with Crippen molar-refractivity contribution < 1.29 is 27.6 Å². The number of rotatable bonds is 2. The van der Waals surface area contributed by atoms with Crippen LogP contribution >= 0.6 is 0 Å². The van der Waals surface area contributed by atoms with Crippen molar-refractivity contribution in [1.82, 2.24) is 0 Å². The summed E-state index contributed by atoms with van der Waals surface area (Å²) in [5.74, 6) is -1.38. The second-order valence-corrected chi connectivity index (χ2v) is 3.00. The van der Waals surface area contributed by atoms with Crippen LogP contribution in [0.2, 0.25) is 0 Å². The summed E-state index contributed by atoms with van der Waals surface area (Å²) in [5, 5.41) is 17.1. The second kappa shape index (κ2) is 4.20. The van der Waals surface area contributed by atoms with Gasteiger partial charge in [0.05, 0.1) is 5.56 Å². The van der Waals surface area contributed by atoms with E-state index >= 15 is 0 Å². The molecule has 1 aromatic rings. The van der Waals surface area contributed by atoms with Crippen LogP contribution in [0, 0.1) is 5.82 Å². The molecule has 15 heavy (non-hydrogen) atoms. The molecule has 2 nitrogen and oxygen atoms in total. The number of alkyl halides is 3. The zero-order chi connectivity index (χ0) is 11.6. The fourth-order valence-electron chi connectivity index (χ4n) is 1.13. The molecule has 2 N–H and O–H groups in total. The van der Waals surface area contributed by atoms with Gasteiger partial charge in [0.1, 0.15) is 5.82 Å². The van der Waals surface area contributed by atoms with E-state index in [1.54, 1.807) is 0 Å². The molecule has 0 aliphatic carbocycles. The Balaban J connectivity index is 3.06. The van der Waals surface area contributed by atoms with Crippen LogP contribution in [-0.2, 0) is 12.5 Å². The SMILES string of the molecule is OB(O)Cc1ccc(F)c(C(F)(F)F)c1. The summed E-state index contributed by atoms with van der Waals surface area (Å²) in [5.41, 5.74) is -1.39. The molecule has 0 radical (unpaired) electrons. The lowest BCUT2D eigenvalue weighted by molar-refractivity contribution is -0.140. The minimum Gasteiger partial charge on any atom is -0.427 e. The average Bonchev–Trinajstić information content (AvgIpc) is 2.05. The lowest BCUT2D eigenvalue weighted by Crippen LogP contribution is -2.16. The van der Waals surface area contributed by atoms with Crippen LogP contribution in [0.3, 0.4) is 0 Å². The van der Waals surface area contributed by atoms with Gasteiger partial charge in [0, 0.05) is 6.32 Å². The van der Waals surface area contributed by atoms with Crippen molar-refractivity contribution in [2.24, 2.45) is 0 Å². The van der Waals surface area contributed by atoms with Crippen molar-refractivity contribution >= 4 is 7.12 Å². The maximum atomic E-state index is 12.8. The Morgan fingerprint density at radius 1 is 1.20 bits per heavy atom. The quantitative estimate of drug-likeness (QED) is 0.586. The van der Waals surface area contributed by atoms with Crippen LogP contribution in [0.1, 0.15) is 11.1 Å². The number of halogens is 4. The third kappa shape index (κ3) is 3.21. The van der Waals surface area contributed by atoms with E-state index in [-0.39, 0.29) is 11.9 Å². The maximum Gasteiger partial charge on any atom is 0.456 e. The second-order valence-electron chi connectivity index (χ2n) is 3.00. The van der Waals surface area contributed by atoms with Gasteiger partial charge in [0.15, 0.2) is 0 Å². The molecule has 0 unspecified atom stereocenters. The molecule has 0 heterocycles. The summed E-state index contributed by atoms with van der Waals surface area (Å²) in [6, 6.07) is 2.29. The predicted octanol–water partition coefficient (Wildman–Crippen LogP) is 1.40.